The number of esters is 1. The van der Waals surface area contributed by atoms with Gasteiger partial charge < -0.3 is 4.74 Å². The number of carbonyl (C=O) groups excluding carboxylic acids is 1. The van der Waals surface area contributed by atoms with Crippen LogP contribution in [-0.4, -0.2) is 17.6 Å². The fourth-order valence-electron chi connectivity index (χ4n) is 1.08. The molecule has 1 heterocycles. The zero-order chi connectivity index (χ0) is 11.8. The number of ether oxygens (including phenoxy) is 1. The molecule has 0 aliphatic rings. The van der Waals surface area contributed by atoms with Crippen molar-refractivity contribution >= 4 is 12.0 Å². The molecular formula is C12H12N2O2. The average Bonchev–Trinajstić information content (AvgIpc) is 2.30. The standard InChI is InChI=1S/C12H12N2O2/c1-2-16-12(15)5-3-4-10-6-7-11(8-13)14-9-10/h3-4,6-7,9H,2,5H2,1H3. The normalized spacial score (nSPS) is 10.0. The van der Waals surface area contributed by atoms with Crippen LogP contribution in [0.1, 0.15) is 24.6 Å². The van der Waals surface area contributed by atoms with Gasteiger partial charge in [-0.15, -0.1) is 0 Å². The molecule has 0 aliphatic heterocycles. The second kappa shape index (κ2) is 6.36. The van der Waals surface area contributed by atoms with Crippen molar-refractivity contribution in [3.63, 3.8) is 0 Å². The first-order chi connectivity index (χ1) is 7.76. The molecule has 0 spiro atoms. The lowest BCUT2D eigenvalue weighted by molar-refractivity contribution is -0.142. The Balaban J connectivity index is 2.50. The highest BCUT2D eigenvalue weighted by molar-refractivity contribution is 5.72. The monoisotopic (exact) mass is 216 g/mol. The first-order valence-electron chi connectivity index (χ1n) is 4.94. The zero-order valence-corrected chi connectivity index (χ0v) is 9.01. The van der Waals surface area contributed by atoms with Crippen molar-refractivity contribution in [3.8, 4) is 6.07 Å². The number of aromatic nitrogens is 1. The molecule has 1 aromatic rings. The van der Waals surface area contributed by atoms with E-state index in [9.17, 15) is 4.79 Å². The molecule has 0 aromatic carbocycles. The Kier molecular flexibility index (Phi) is 4.74. The van der Waals surface area contributed by atoms with Gasteiger partial charge in [0.05, 0.1) is 13.0 Å². The van der Waals surface area contributed by atoms with E-state index in [4.69, 9.17) is 10.00 Å². The highest BCUT2D eigenvalue weighted by atomic mass is 16.5. The van der Waals surface area contributed by atoms with Crippen LogP contribution in [-0.2, 0) is 9.53 Å². The maximum Gasteiger partial charge on any atom is 0.309 e. The van der Waals surface area contributed by atoms with Gasteiger partial charge >= 0.3 is 5.97 Å². The molecule has 0 saturated carbocycles. The molecule has 0 aliphatic carbocycles. The second-order valence-corrected chi connectivity index (χ2v) is 3.00. The quantitative estimate of drug-likeness (QED) is 0.721. The van der Waals surface area contributed by atoms with Crippen LogP contribution in [0.4, 0.5) is 0 Å². The third-order valence-electron chi connectivity index (χ3n) is 1.80. The van der Waals surface area contributed by atoms with Gasteiger partial charge in [0.25, 0.3) is 0 Å². The van der Waals surface area contributed by atoms with Gasteiger partial charge in [0.2, 0.25) is 0 Å². The van der Waals surface area contributed by atoms with Crippen LogP contribution >= 0.6 is 0 Å². The summed E-state index contributed by atoms with van der Waals surface area (Å²) in [5, 5.41) is 8.54. The summed E-state index contributed by atoms with van der Waals surface area (Å²) in [5.41, 5.74) is 1.23. The number of pyridine rings is 1. The molecule has 1 aromatic heterocycles. The van der Waals surface area contributed by atoms with Crippen LogP contribution in [0.15, 0.2) is 24.4 Å². The topological polar surface area (TPSA) is 63.0 Å². The maximum atomic E-state index is 11.0. The van der Waals surface area contributed by atoms with Gasteiger partial charge in [0.1, 0.15) is 11.8 Å². The highest BCUT2D eigenvalue weighted by Crippen LogP contribution is 2.02. The van der Waals surface area contributed by atoms with Gasteiger partial charge in [-0.3, -0.25) is 4.79 Å². The van der Waals surface area contributed by atoms with E-state index in [0.717, 1.165) is 5.56 Å². The molecule has 0 fully saturated rings. The Morgan fingerprint density at radius 1 is 1.62 bits per heavy atom. The summed E-state index contributed by atoms with van der Waals surface area (Å²) in [5.74, 6) is -0.250. The summed E-state index contributed by atoms with van der Waals surface area (Å²) in [6.45, 7) is 2.16. The lowest BCUT2D eigenvalue weighted by Gasteiger charge is -1.96. The number of nitriles is 1. The Morgan fingerprint density at radius 2 is 2.44 bits per heavy atom. The van der Waals surface area contributed by atoms with E-state index < -0.39 is 0 Å². The minimum Gasteiger partial charge on any atom is -0.466 e. The molecule has 0 atom stereocenters. The smallest absolute Gasteiger partial charge is 0.309 e. The van der Waals surface area contributed by atoms with Crippen molar-refractivity contribution in [1.82, 2.24) is 4.98 Å². The first-order valence-corrected chi connectivity index (χ1v) is 4.94. The van der Waals surface area contributed by atoms with Gasteiger partial charge in [-0.1, -0.05) is 18.2 Å². The number of hydrogen-bond donors (Lipinski definition) is 0. The SMILES string of the molecule is CCOC(=O)CC=Cc1ccc(C#N)nc1. The predicted molar refractivity (Wildman–Crippen MR) is 59.2 cm³/mol. The van der Waals surface area contributed by atoms with Crippen molar-refractivity contribution in [2.75, 3.05) is 6.61 Å². The molecule has 0 bridgehead atoms. The average molecular weight is 216 g/mol. The minimum atomic E-state index is -0.250. The third-order valence-corrected chi connectivity index (χ3v) is 1.80. The van der Waals surface area contributed by atoms with Crippen molar-refractivity contribution in [2.24, 2.45) is 0 Å². The van der Waals surface area contributed by atoms with E-state index in [1.165, 1.54) is 0 Å². The molecule has 82 valence electrons. The summed E-state index contributed by atoms with van der Waals surface area (Å²) in [6, 6.07) is 5.34. The van der Waals surface area contributed by atoms with Gasteiger partial charge in [0.15, 0.2) is 0 Å². The summed E-state index contributed by atoms with van der Waals surface area (Å²) in [4.78, 5) is 14.9. The third kappa shape index (κ3) is 3.93. The van der Waals surface area contributed by atoms with Crippen molar-refractivity contribution in [2.45, 2.75) is 13.3 Å². The molecule has 0 N–H and O–H groups in total. The highest BCUT2D eigenvalue weighted by Gasteiger charge is 1.96. The molecular weight excluding hydrogens is 204 g/mol. The fourth-order valence-corrected chi connectivity index (χ4v) is 1.08. The zero-order valence-electron chi connectivity index (χ0n) is 9.01. The lowest BCUT2D eigenvalue weighted by Crippen LogP contribution is -2.01. The van der Waals surface area contributed by atoms with E-state index in [0.29, 0.717) is 12.3 Å². The largest absolute Gasteiger partial charge is 0.466 e. The summed E-state index contributed by atoms with van der Waals surface area (Å²) >= 11 is 0. The predicted octanol–water partition coefficient (Wildman–Crippen LogP) is 1.92. The minimum absolute atomic E-state index is 0.244. The van der Waals surface area contributed by atoms with Crippen molar-refractivity contribution < 1.29 is 9.53 Å². The van der Waals surface area contributed by atoms with E-state index in [-0.39, 0.29) is 12.4 Å². The summed E-state index contributed by atoms with van der Waals surface area (Å²) in [6.07, 6.45) is 5.31. The first kappa shape index (κ1) is 11.9. The Bertz CT molecular complexity index is 416. The molecule has 4 heteroatoms. The number of carbonyl (C=O) groups is 1. The van der Waals surface area contributed by atoms with Gasteiger partial charge in [-0.2, -0.15) is 5.26 Å². The fraction of sp³-hybridized carbons (Fsp3) is 0.250. The molecule has 0 radical (unpaired) electrons. The van der Waals surface area contributed by atoms with Crippen molar-refractivity contribution in [1.29, 1.82) is 5.26 Å². The number of nitrogens with zero attached hydrogens (tertiary/aromatic N) is 2. The van der Waals surface area contributed by atoms with Crippen LogP contribution in [0.3, 0.4) is 0 Å². The van der Waals surface area contributed by atoms with E-state index >= 15 is 0 Å². The number of hydrogen-bond acceptors (Lipinski definition) is 4. The lowest BCUT2D eigenvalue weighted by atomic mass is 10.2. The van der Waals surface area contributed by atoms with Crippen LogP contribution in [0.2, 0.25) is 0 Å². The molecule has 1 rings (SSSR count). The van der Waals surface area contributed by atoms with Gasteiger partial charge in [-0.05, 0) is 18.6 Å². The van der Waals surface area contributed by atoms with Gasteiger partial charge in [-0.25, -0.2) is 4.98 Å². The molecule has 0 saturated heterocycles. The summed E-state index contributed by atoms with van der Waals surface area (Å²) in [7, 11) is 0. The Hall–Kier alpha value is -2.15. The Morgan fingerprint density at radius 3 is 3.00 bits per heavy atom. The van der Waals surface area contributed by atoms with Crippen LogP contribution < -0.4 is 0 Å². The maximum absolute atomic E-state index is 11.0. The van der Waals surface area contributed by atoms with Crippen LogP contribution in [0, 0.1) is 11.3 Å². The molecule has 16 heavy (non-hydrogen) atoms. The van der Waals surface area contributed by atoms with Crippen molar-refractivity contribution in [3.05, 3.63) is 35.7 Å². The van der Waals surface area contributed by atoms with Gasteiger partial charge in [0, 0.05) is 6.20 Å². The molecule has 4 nitrogen and oxygen atoms in total. The molecule has 0 unspecified atom stereocenters. The Labute approximate surface area is 94.2 Å². The van der Waals surface area contributed by atoms with E-state index in [2.05, 4.69) is 4.98 Å². The number of rotatable bonds is 4. The second-order valence-electron chi connectivity index (χ2n) is 3.00. The van der Waals surface area contributed by atoms with Crippen LogP contribution in [0.5, 0.6) is 0 Å². The molecule has 0 amide bonds. The van der Waals surface area contributed by atoms with Crippen LogP contribution in [0.25, 0.3) is 6.08 Å². The van der Waals surface area contributed by atoms with E-state index in [1.54, 1.807) is 37.4 Å². The summed E-state index contributed by atoms with van der Waals surface area (Å²) < 4.78 is 4.77. The van der Waals surface area contributed by atoms with E-state index in [1.807, 2.05) is 6.07 Å².